The molecule has 1 fully saturated rings. The summed E-state index contributed by atoms with van der Waals surface area (Å²) in [6.45, 7) is 11.3. The van der Waals surface area contributed by atoms with Crippen LogP contribution in [-0.2, 0) is 4.74 Å². The number of aliphatic hydroxyl groups is 1. The number of rotatable bonds is 8. The van der Waals surface area contributed by atoms with Gasteiger partial charge in [-0.2, -0.15) is 0 Å². The molecular formula is C20H33BrNO3+. The number of halogens is 1. The van der Waals surface area contributed by atoms with Gasteiger partial charge in [-0.05, 0) is 58.4 Å². The van der Waals surface area contributed by atoms with Crippen molar-refractivity contribution in [2.75, 3.05) is 26.4 Å². The monoisotopic (exact) mass is 414 g/mol. The molecule has 1 atom stereocenters. The van der Waals surface area contributed by atoms with Gasteiger partial charge in [0, 0.05) is 17.3 Å². The van der Waals surface area contributed by atoms with Gasteiger partial charge in [0.15, 0.2) is 0 Å². The molecule has 0 radical (unpaired) electrons. The fourth-order valence-corrected chi connectivity index (χ4v) is 4.27. The number of hydrogen-bond acceptors (Lipinski definition) is 3. The largest absolute Gasteiger partial charge is 0.491 e. The van der Waals surface area contributed by atoms with Gasteiger partial charge < -0.3 is 19.5 Å². The van der Waals surface area contributed by atoms with Crippen LogP contribution in [0.25, 0.3) is 0 Å². The van der Waals surface area contributed by atoms with Crippen LogP contribution in [0.3, 0.4) is 0 Å². The molecule has 0 unspecified atom stereocenters. The van der Waals surface area contributed by atoms with E-state index in [1.807, 2.05) is 24.3 Å². The second-order valence-corrected chi connectivity index (χ2v) is 9.25. The fourth-order valence-electron chi connectivity index (χ4n) is 4.01. The molecule has 142 valence electrons. The van der Waals surface area contributed by atoms with Crippen molar-refractivity contribution in [3.63, 3.8) is 0 Å². The zero-order chi connectivity index (χ0) is 18.5. The summed E-state index contributed by atoms with van der Waals surface area (Å²) in [5.41, 5.74) is 0.404. The maximum atomic E-state index is 10.4. The Morgan fingerprint density at radius 1 is 1.08 bits per heavy atom. The molecule has 0 aromatic heterocycles. The summed E-state index contributed by atoms with van der Waals surface area (Å²) in [7, 11) is 0. The molecule has 0 bridgehead atoms. The minimum absolute atomic E-state index is 0.202. The van der Waals surface area contributed by atoms with E-state index in [2.05, 4.69) is 43.6 Å². The van der Waals surface area contributed by atoms with Crippen LogP contribution in [0.1, 0.15) is 47.0 Å². The average Bonchev–Trinajstić information content (AvgIpc) is 2.52. The number of quaternary nitrogens is 1. The summed E-state index contributed by atoms with van der Waals surface area (Å²) < 4.78 is 12.3. The standard InChI is InChI=1S/C20H32BrNO3/c1-19(2)10-5-11-20(3,4)22(19)14-17(23)15-24-12-13-25-18-8-6-16(21)7-9-18/h6-9,17,23H,5,10-15H2,1-4H3/p+1/t17-/m0/s1. The maximum Gasteiger partial charge on any atom is 0.126 e. The van der Waals surface area contributed by atoms with Gasteiger partial charge in [0.05, 0.1) is 24.3 Å². The zero-order valence-electron chi connectivity index (χ0n) is 16.0. The summed E-state index contributed by atoms with van der Waals surface area (Å²) in [5, 5.41) is 10.4. The molecule has 0 saturated carbocycles. The van der Waals surface area contributed by atoms with Gasteiger partial charge in [-0.25, -0.2) is 0 Å². The lowest BCUT2D eigenvalue weighted by atomic mass is 9.79. The molecule has 1 aliphatic rings. The van der Waals surface area contributed by atoms with Gasteiger partial charge in [0.2, 0.25) is 0 Å². The summed E-state index contributed by atoms with van der Waals surface area (Å²) >= 11 is 3.40. The van der Waals surface area contributed by atoms with Crippen molar-refractivity contribution in [2.45, 2.75) is 64.1 Å². The number of ether oxygens (including phenoxy) is 2. The fraction of sp³-hybridized carbons (Fsp3) is 0.700. The SMILES string of the molecule is CC1(C)CCCC(C)(C)[NH+]1C[C@H](O)COCCOc1ccc(Br)cc1. The first-order chi connectivity index (χ1) is 11.7. The van der Waals surface area contributed by atoms with E-state index >= 15 is 0 Å². The molecule has 1 aromatic rings. The van der Waals surface area contributed by atoms with Crippen LogP contribution in [0.4, 0.5) is 0 Å². The quantitative estimate of drug-likeness (QED) is 0.642. The zero-order valence-corrected chi connectivity index (χ0v) is 17.6. The van der Waals surface area contributed by atoms with Gasteiger partial charge in [0.25, 0.3) is 0 Å². The van der Waals surface area contributed by atoms with E-state index in [0.717, 1.165) is 16.8 Å². The molecule has 0 spiro atoms. The Morgan fingerprint density at radius 3 is 2.28 bits per heavy atom. The molecule has 0 amide bonds. The lowest BCUT2D eigenvalue weighted by Crippen LogP contribution is -3.27. The first kappa shape index (κ1) is 20.7. The molecule has 5 heteroatoms. The molecule has 1 saturated heterocycles. The number of piperidine rings is 1. The molecule has 1 aliphatic heterocycles. The van der Waals surface area contributed by atoms with Crippen LogP contribution in [0.2, 0.25) is 0 Å². The third-order valence-electron chi connectivity index (χ3n) is 5.30. The van der Waals surface area contributed by atoms with E-state index in [4.69, 9.17) is 9.47 Å². The van der Waals surface area contributed by atoms with Crippen LogP contribution in [0, 0.1) is 0 Å². The van der Waals surface area contributed by atoms with E-state index in [1.165, 1.54) is 24.2 Å². The van der Waals surface area contributed by atoms with Crippen molar-refractivity contribution in [3.8, 4) is 5.75 Å². The molecule has 2 N–H and O–H groups in total. The van der Waals surface area contributed by atoms with Crippen LogP contribution in [0.5, 0.6) is 5.75 Å². The molecule has 0 aliphatic carbocycles. The first-order valence-electron chi connectivity index (χ1n) is 9.22. The van der Waals surface area contributed by atoms with E-state index in [9.17, 15) is 5.11 Å². The Balaban J connectivity index is 1.69. The van der Waals surface area contributed by atoms with Crippen molar-refractivity contribution in [1.29, 1.82) is 0 Å². The van der Waals surface area contributed by atoms with Crippen molar-refractivity contribution in [2.24, 2.45) is 0 Å². The van der Waals surface area contributed by atoms with Gasteiger partial charge in [-0.3, -0.25) is 0 Å². The van der Waals surface area contributed by atoms with Crippen LogP contribution < -0.4 is 9.64 Å². The van der Waals surface area contributed by atoms with Crippen molar-refractivity contribution in [3.05, 3.63) is 28.7 Å². The van der Waals surface area contributed by atoms with E-state index in [0.29, 0.717) is 19.8 Å². The summed E-state index contributed by atoms with van der Waals surface area (Å²) in [5.74, 6) is 0.827. The van der Waals surface area contributed by atoms with Gasteiger partial charge in [0.1, 0.15) is 25.0 Å². The Hall–Kier alpha value is -0.620. The van der Waals surface area contributed by atoms with Crippen molar-refractivity contribution >= 4 is 15.9 Å². The predicted molar refractivity (Wildman–Crippen MR) is 104 cm³/mol. The molecule has 1 heterocycles. The Kier molecular flexibility index (Phi) is 7.32. The highest BCUT2D eigenvalue weighted by Gasteiger charge is 2.45. The van der Waals surface area contributed by atoms with Gasteiger partial charge in [-0.15, -0.1) is 0 Å². The minimum Gasteiger partial charge on any atom is -0.491 e. The molecule has 1 aromatic carbocycles. The van der Waals surface area contributed by atoms with E-state index in [1.54, 1.807) is 0 Å². The number of nitrogens with one attached hydrogen (secondary N) is 1. The van der Waals surface area contributed by atoms with Gasteiger partial charge >= 0.3 is 0 Å². The lowest BCUT2D eigenvalue weighted by Gasteiger charge is -2.50. The maximum absolute atomic E-state index is 10.4. The number of likely N-dealkylation sites (tertiary alicyclic amines) is 1. The summed E-state index contributed by atoms with van der Waals surface area (Å²) in [4.78, 5) is 1.48. The number of benzene rings is 1. The Morgan fingerprint density at radius 2 is 1.68 bits per heavy atom. The Labute approximate surface area is 160 Å². The second kappa shape index (κ2) is 8.85. The molecule has 4 nitrogen and oxygen atoms in total. The number of aliphatic hydroxyl groups excluding tert-OH is 1. The van der Waals surface area contributed by atoms with E-state index < -0.39 is 6.10 Å². The minimum atomic E-state index is -0.445. The second-order valence-electron chi connectivity index (χ2n) is 8.34. The lowest BCUT2D eigenvalue weighted by molar-refractivity contribution is -1.00. The van der Waals surface area contributed by atoms with Crippen LogP contribution in [-0.4, -0.2) is 48.7 Å². The molecule has 25 heavy (non-hydrogen) atoms. The van der Waals surface area contributed by atoms with Crippen molar-refractivity contribution in [1.82, 2.24) is 0 Å². The van der Waals surface area contributed by atoms with Gasteiger partial charge in [-0.1, -0.05) is 15.9 Å². The first-order valence-corrected chi connectivity index (χ1v) is 10.0. The average molecular weight is 415 g/mol. The van der Waals surface area contributed by atoms with E-state index in [-0.39, 0.29) is 11.1 Å². The Bertz CT molecular complexity index is 514. The third kappa shape index (κ3) is 6.24. The summed E-state index contributed by atoms with van der Waals surface area (Å²) in [6, 6.07) is 7.74. The highest BCUT2D eigenvalue weighted by molar-refractivity contribution is 9.10. The topological polar surface area (TPSA) is 43.1 Å². The van der Waals surface area contributed by atoms with Crippen LogP contribution in [0.15, 0.2) is 28.7 Å². The smallest absolute Gasteiger partial charge is 0.126 e. The highest BCUT2D eigenvalue weighted by Crippen LogP contribution is 2.23. The predicted octanol–water partition coefficient (Wildman–Crippen LogP) is 2.83. The normalized spacial score (nSPS) is 21.0. The highest BCUT2D eigenvalue weighted by atomic mass is 79.9. The molecule has 2 rings (SSSR count). The third-order valence-corrected chi connectivity index (χ3v) is 5.83. The summed E-state index contributed by atoms with van der Waals surface area (Å²) in [6.07, 6.45) is 3.24. The number of hydrogen-bond donors (Lipinski definition) is 2. The van der Waals surface area contributed by atoms with Crippen molar-refractivity contribution < 1.29 is 19.5 Å². The molecular weight excluding hydrogens is 382 g/mol. The van der Waals surface area contributed by atoms with Crippen LogP contribution >= 0.6 is 15.9 Å².